The van der Waals surface area contributed by atoms with Crippen molar-refractivity contribution in [3.05, 3.63) is 53.9 Å². The highest BCUT2D eigenvalue weighted by atomic mass is 16.5. The van der Waals surface area contributed by atoms with Gasteiger partial charge in [-0.25, -0.2) is 4.98 Å². The number of nitrogens with zero attached hydrogens (tertiary/aromatic N) is 3. The van der Waals surface area contributed by atoms with Crippen LogP contribution in [0, 0.1) is 0 Å². The topological polar surface area (TPSA) is 72.7 Å². The molecule has 0 saturated heterocycles. The van der Waals surface area contributed by atoms with Crippen LogP contribution in [-0.2, 0) is 20.0 Å². The molecule has 1 aromatic heterocycles. The molecule has 0 atom stereocenters. The molecule has 0 spiro atoms. The van der Waals surface area contributed by atoms with Crippen LogP contribution in [0.1, 0.15) is 11.4 Å². The number of guanidine groups is 1. The number of hydrogen-bond donors (Lipinski definition) is 2. The third-order valence-corrected chi connectivity index (χ3v) is 4.67. The van der Waals surface area contributed by atoms with E-state index in [0.29, 0.717) is 6.54 Å². The molecule has 7 heteroatoms. The highest BCUT2D eigenvalue weighted by Gasteiger charge is 2.08. The minimum absolute atomic E-state index is 0.598. The minimum atomic E-state index is 0.598. The number of nitrogens with one attached hydrogen (secondary N) is 2. The largest absolute Gasteiger partial charge is 0.493 e. The Hall–Kier alpha value is -3.22. The molecule has 0 amide bonds. The lowest BCUT2D eigenvalue weighted by Crippen LogP contribution is -2.38. The lowest BCUT2D eigenvalue weighted by molar-refractivity contribution is 0.354. The van der Waals surface area contributed by atoms with Gasteiger partial charge in [-0.2, -0.15) is 0 Å². The number of para-hydroxylation sites is 2. The van der Waals surface area contributed by atoms with Crippen LogP contribution in [0.2, 0.25) is 0 Å². The highest BCUT2D eigenvalue weighted by molar-refractivity contribution is 5.80. The van der Waals surface area contributed by atoms with Gasteiger partial charge in [-0.3, -0.25) is 4.99 Å². The number of aliphatic imine (C=N–C) groups is 1. The first-order chi connectivity index (χ1) is 13.7. The third kappa shape index (κ3) is 4.36. The van der Waals surface area contributed by atoms with Crippen LogP contribution < -0.4 is 20.1 Å². The van der Waals surface area contributed by atoms with Crippen LogP contribution in [0.4, 0.5) is 0 Å². The van der Waals surface area contributed by atoms with Crippen molar-refractivity contribution < 1.29 is 9.47 Å². The fourth-order valence-electron chi connectivity index (χ4n) is 3.10. The molecule has 3 rings (SSSR count). The third-order valence-electron chi connectivity index (χ3n) is 4.67. The molecule has 7 nitrogen and oxygen atoms in total. The fraction of sp³-hybridized carbons (Fsp3) is 0.333. The smallest absolute Gasteiger partial charge is 0.191 e. The second kappa shape index (κ2) is 9.12. The summed E-state index contributed by atoms with van der Waals surface area (Å²) < 4.78 is 12.7. The highest BCUT2D eigenvalue weighted by Crippen LogP contribution is 2.27. The molecule has 0 aliphatic rings. The van der Waals surface area contributed by atoms with Crippen LogP contribution in [0.25, 0.3) is 11.0 Å². The van der Waals surface area contributed by atoms with E-state index < -0.39 is 0 Å². The zero-order valence-electron chi connectivity index (χ0n) is 16.8. The van der Waals surface area contributed by atoms with Crippen molar-refractivity contribution in [1.82, 2.24) is 20.2 Å². The molecule has 0 unspecified atom stereocenters. The summed E-state index contributed by atoms with van der Waals surface area (Å²) in [6.45, 7) is 1.35. The summed E-state index contributed by atoms with van der Waals surface area (Å²) in [6, 6.07) is 14.1. The molecule has 148 valence electrons. The zero-order valence-corrected chi connectivity index (χ0v) is 16.8. The molecule has 0 bridgehead atoms. The Morgan fingerprint density at radius 2 is 1.86 bits per heavy atom. The van der Waals surface area contributed by atoms with E-state index in [9.17, 15) is 0 Å². The van der Waals surface area contributed by atoms with Gasteiger partial charge < -0.3 is 24.7 Å². The van der Waals surface area contributed by atoms with Gasteiger partial charge >= 0.3 is 0 Å². The summed E-state index contributed by atoms with van der Waals surface area (Å²) in [5.41, 5.74) is 3.28. The van der Waals surface area contributed by atoms with E-state index in [2.05, 4.69) is 31.2 Å². The number of rotatable bonds is 7. The lowest BCUT2D eigenvalue weighted by Gasteiger charge is -2.13. The number of benzene rings is 2. The van der Waals surface area contributed by atoms with Crippen molar-refractivity contribution in [1.29, 1.82) is 0 Å². The molecule has 0 aliphatic heterocycles. The number of aromatic nitrogens is 2. The monoisotopic (exact) mass is 381 g/mol. The summed E-state index contributed by atoms with van der Waals surface area (Å²) in [7, 11) is 7.08. The summed E-state index contributed by atoms with van der Waals surface area (Å²) in [4.78, 5) is 8.97. The molecule has 2 aromatic carbocycles. The lowest BCUT2D eigenvalue weighted by atomic mass is 10.1. The molecule has 2 N–H and O–H groups in total. The van der Waals surface area contributed by atoms with E-state index in [1.807, 2.05) is 43.4 Å². The maximum Gasteiger partial charge on any atom is 0.191 e. The number of methoxy groups -OCH3 is 2. The van der Waals surface area contributed by atoms with Crippen molar-refractivity contribution in [3.8, 4) is 11.5 Å². The van der Waals surface area contributed by atoms with Crippen molar-refractivity contribution in [2.24, 2.45) is 12.0 Å². The standard InChI is InChI=1S/C21H27N5O2/c1-22-21(23-12-11-15-9-10-18(27-3)19(13-15)28-4)24-14-20-25-16-7-5-6-8-17(16)26(20)2/h5-10,13H,11-12,14H2,1-4H3,(H2,22,23,24). The fourth-order valence-corrected chi connectivity index (χ4v) is 3.10. The number of fused-ring (bicyclic) bond motifs is 1. The molecule has 1 heterocycles. The van der Waals surface area contributed by atoms with Crippen LogP contribution in [0.3, 0.4) is 0 Å². The van der Waals surface area contributed by atoms with Gasteiger partial charge in [0.1, 0.15) is 5.82 Å². The van der Waals surface area contributed by atoms with Crippen LogP contribution >= 0.6 is 0 Å². The van der Waals surface area contributed by atoms with Gasteiger partial charge in [0.25, 0.3) is 0 Å². The van der Waals surface area contributed by atoms with Crippen molar-refractivity contribution in [2.45, 2.75) is 13.0 Å². The molecule has 0 radical (unpaired) electrons. The molecule has 3 aromatic rings. The minimum Gasteiger partial charge on any atom is -0.493 e. The van der Waals surface area contributed by atoms with Crippen LogP contribution in [0.5, 0.6) is 11.5 Å². The number of imidazole rings is 1. The predicted octanol–water partition coefficient (Wildman–Crippen LogP) is 2.50. The number of aryl methyl sites for hydroxylation is 1. The summed E-state index contributed by atoms with van der Waals surface area (Å²) in [5.74, 6) is 3.18. The average Bonchev–Trinajstić information content (AvgIpc) is 3.06. The Kier molecular flexibility index (Phi) is 6.37. The molecule has 0 aliphatic carbocycles. The molecule has 28 heavy (non-hydrogen) atoms. The summed E-state index contributed by atoms with van der Waals surface area (Å²) in [5, 5.41) is 6.66. The van der Waals surface area contributed by atoms with Crippen LogP contribution in [0.15, 0.2) is 47.5 Å². The summed E-state index contributed by atoms with van der Waals surface area (Å²) >= 11 is 0. The first kappa shape index (κ1) is 19.5. The number of hydrogen-bond acceptors (Lipinski definition) is 4. The first-order valence-electron chi connectivity index (χ1n) is 9.22. The van der Waals surface area contributed by atoms with Crippen molar-refractivity contribution in [2.75, 3.05) is 27.8 Å². The Balaban J connectivity index is 1.54. The summed E-state index contributed by atoms with van der Waals surface area (Å²) in [6.07, 6.45) is 0.841. The Morgan fingerprint density at radius 3 is 2.57 bits per heavy atom. The van der Waals surface area contributed by atoms with E-state index in [0.717, 1.165) is 52.8 Å². The maximum atomic E-state index is 5.36. The zero-order chi connectivity index (χ0) is 19.9. The van der Waals surface area contributed by atoms with Gasteiger partial charge in [0.15, 0.2) is 17.5 Å². The Bertz CT molecular complexity index is 965. The van der Waals surface area contributed by atoms with E-state index >= 15 is 0 Å². The molecular weight excluding hydrogens is 354 g/mol. The second-order valence-electron chi connectivity index (χ2n) is 6.37. The van der Waals surface area contributed by atoms with Gasteiger partial charge in [-0.15, -0.1) is 0 Å². The average molecular weight is 381 g/mol. The van der Waals surface area contributed by atoms with Gasteiger partial charge in [0.2, 0.25) is 0 Å². The normalized spacial score (nSPS) is 11.5. The molecule has 0 saturated carbocycles. The van der Waals surface area contributed by atoms with Gasteiger partial charge in [-0.05, 0) is 36.2 Å². The van der Waals surface area contributed by atoms with E-state index in [-0.39, 0.29) is 0 Å². The van der Waals surface area contributed by atoms with Crippen LogP contribution in [-0.4, -0.2) is 43.3 Å². The molecular formula is C21H27N5O2. The number of ether oxygens (including phenoxy) is 2. The van der Waals surface area contributed by atoms with E-state index in [1.165, 1.54) is 0 Å². The van der Waals surface area contributed by atoms with Gasteiger partial charge in [0.05, 0.1) is 31.8 Å². The Morgan fingerprint density at radius 1 is 1.07 bits per heavy atom. The quantitative estimate of drug-likeness (QED) is 0.486. The van der Waals surface area contributed by atoms with Gasteiger partial charge in [0, 0.05) is 20.6 Å². The maximum absolute atomic E-state index is 5.36. The van der Waals surface area contributed by atoms with E-state index in [4.69, 9.17) is 9.47 Å². The van der Waals surface area contributed by atoms with Crippen molar-refractivity contribution in [3.63, 3.8) is 0 Å². The molecule has 0 fully saturated rings. The SMILES string of the molecule is CN=C(NCCc1ccc(OC)c(OC)c1)NCc1nc2ccccc2n1C. The van der Waals surface area contributed by atoms with Gasteiger partial charge in [-0.1, -0.05) is 18.2 Å². The Labute approximate surface area is 165 Å². The van der Waals surface area contributed by atoms with E-state index in [1.54, 1.807) is 21.3 Å². The second-order valence-corrected chi connectivity index (χ2v) is 6.37. The first-order valence-corrected chi connectivity index (χ1v) is 9.22. The van der Waals surface area contributed by atoms with Crippen molar-refractivity contribution >= 4 is 17.0 Å². The predicted molar refractivity (Wildman–Crippen MR) is 112 cm³/mol.